The average molecular weight is 282 g/mol. The van der Waals surface area contributed by atoms with Crippen LogP contribution in [-0.2, 0) is 0 Å². The Labute approximate surface area is 112 Å². The first-order valence-corrected chi connectivity index (χ1v) is 5.55. The topological polar surface area (TPSA) is 46.5 Å². The molecule has 6 heteroatoms. The highest BCUT2D eigenvalue weighted by atomic mass is 19.4. The van der Waals surface area contributed by atoms with Gasteiger partial charge in [-0.15, -0.1) is 13.2 Å². The van der Waals surface area contributed by atoms with Gasteiger partial charge >= 0.3 is 6.36 Å². The van der Waals surface area contributed by atoms with E-state index in [9.17, 15) is 18.0 Å². The normalized spacial score (nSPS) is 11.2. The first kappa shape index (κ1) is 13.9. The minimum absolute atomic E-state index is 0.00398. The van der Waals surface area contributed by atoms with Gasteiger partial charge in [0.2, 0.25) is 0 Å². The quantitative estimate of drug-likeness (QED) is 0.876. The number of phenolic OH excluding ortho intramolecular Hbond substituents is 1. The molecule has 0 aliphatic carbocycles. The molecule has 2 aromatic rings. The van der Waals surface area contributed by atoms with Crippen molar-refractivity contribution in [2.75, 3.05) is 0 Å². The van der Waals surface area contributed by atoms with Gasteiger partial charge in [-0.3, -0.25) is 4.79 Å². The van der Waals surface area contributed by atoms with Crippen molar-refractivity contribution in [1.82, 2.24) is 0 Å². The molecule has 2 aromatic carbocycles. The second-order valence-electron chi connectivity index (χ2n) is 3.95. The number of ether oxygens (including phenoxy) is 1. The number of ketones is 1. The SMILES string of the molecule is O=C(c1ccc(O)cc1)c1cccc(OC(F)(F)F)c1. The van der Waals surface area contributed by atoms with Crippen LogP contribution in [-0.4, -0.2) is 17.3 Å². The number of carbonyl (C=O) groups is 1. The van der Waals surface area contributed by atoms with E-state index >= 15 is 0 Å². The summed E-state index contributed by atoms with van der Waals surface area (Å²) in [6, 6.07) is 10.2. The molecular weight excluding hydrogens is 273 g/mol. The van der Waals surface area contributed by atoms with Crippen molar-refractivity contribution >= 4 is 5.78 Å². The number of aromatic hydroxyl groups is 1. The average Bonchev–Trinajstić information content (AvgIpc) is 2.37. The molecule has 104 valence electrons. The standard InChI is InChI=1S/C14H9F3O3/c15-14(16,17)20-12-3-1-2-10(8-12)13(19)9-4-6-11(18)7-5-9/h1-8,18H. The number of carbonyl (C=O) groups excluding carboxylic acids is 1. The number of hydrogen-bond acceptors (Lipinski definition) is 3. The number of hydrogen-bond donors (Lipinski definition) is 1. The second kappa shape index (κ2) is 5.24. The van der Waals surface area contributed by atoms with Crippen LogP contribution >= 0.6 is 0 Å². The fraction of sp³-hybridized carbons (Fsp3) is 0.0714. The van der Waals surface area contributed by atoms with Crippen LogP contribution in [0.3, 0.4) is 0 Å². The number of alkyl halides is 3. The molecule has 0 heterocycles. The molecule has 0 aromatic heterocycles. The molecule has 0 unspecified atom stereocenters. The van der Waals surface area contributed by atoms with Crippen molar-refractivity contribution in [3.05, 3.63) is 59.7 Å². The van der Waals surface area contributed by atoms with E-state index < -0.39 is 17.9 Å². The smallest absolute Gasteiger partial charge is 0.508 e. The number of rotatable bonds is 3. The Kier molecular flexibility index (Phi) is 3.65. The molecule has 0 aliphatic rings. The van der Waals surface area contributed by atoms with E-state index in [0.29, 0.717) is 0 Å². The Morgan fingerprint density at radius 1 is 1.00 bits per heavy atom. The zero-order chi connectivity index (χ0) is 14.8. The van der Waals surface area contributed by atoms with E-state index in [-0.39, 0.29) is 16.9 Å². The molecule has 0 radical (unpaired) electrons. The molecule has 20 heavy (non-hydrogen) atoms. The van der Waals surface area contributed by atoms with Crippen LogP contribution in [0.25, 0.3) is 0 Å². The minimum atomic E-state index is -4.81. The molecule has 0 saturated heterocycles. The van der Waals surface area contributed by atoms with Crippen molar-refractivity contribution in [3.63, 3.8) is 0 Å². The van der Waals surface area contributed by atoms with Gasteiger partial charge in [-0.1, -0.05) is 12.1 Å². The third kappa shape index (κ3) is 3.50. The van der Waals surface area contributed by atoms with Gasteiger partial charge in [-0.05, 0) is 36.4 Å². The van der Waals surface area contributed by atoms with Gasteiger partial charge in [0.25, 0.3) is 0 Å². The maximum absolute atomic E-state index is 12.1. The summed E-state index contributed by atoms with van der Waals surface area (Å²) in [6.45, 7) is 0. The predicted molar refractivity (Wildman–Crippen MR) is 64.7 cm³/mol. The molecule has 0 amide bonds. The first-order chi connectivity index (χ1) is 9.35. The highest BCUT2D eigenvalue weighted by molar-refractivity contribution is 6.09. The van der Waals surface area contributed by atoms with E-state index in [0.717, 1.165) is 12.1 Å². The van der Waals surface area contributed by atoms with Gasteiger partial charge in [-0.2, -0.15) is 0 Å². The zero-order valence-corrected chi connectivity index (χ0v) is 10.0. The molecule has 0 aliphatic heterocycles. The molecular formula is C14H9F3O3. The van der Waals surface area contributed by atoms with Crippen LogP contribution in [0.15, 0.2) is 48.5 Å². The first-order valence-electron chi connectivity index (χ1n) is 5.55. The zero-order valence-electron chi connectivity index (χ0n) is 10.0. The lowest BCUT2D eigenvalue weighted by Gasteiger charge is -2.09. The van der Waals surface area contributed by atoms with Crippen molar-refractivity contribution in [2.24, 2.45) is 0 Å². The minimum Gasteiger partial charge on any atom is -0.508 e. The summed E-state index contributed by atoms with van der Waals surface area (Å²) in [7, 11) is 0. The number of phenols is 1. The maximum Gasteiger partial charge on any atom is 0.573 e. The van der Waals surface area contributed by atoms with Crippen molar-refractivity contribution < 1.29 is 27.8 Å². The number of halogens is 3. The van der Waals surface area contributed by atoms with Gasteiger partial charge in [0.15, 0.2) is 5.78 Å². The van der Waals surface area contributed by atoms with Crippen LogP contribution in [0.4, 0.5) is 13.2 Å². The lowest BCUT2D eigenvalue weighted by atomic mass is 10.0. The van der Waals surface area contributed by atoms with E-state index in [1.54, 1.807) is 0 Å². The molecule has 0 fully saturated rings. The summed E-state index contributed by atoms with van der Waals surface area (Å²) in [5.74, 6) is -0.921. The fourth-order valence-electron chi connectivity index (χ4n) is 1.61. The molecule has 3 nitrogen and oxygen atoms in total. The Hall–Kier alpha value is -2.50. The van der Waals surface area contributed by atoms with Crippen molar-refractivity contribution in [3.8, 4) is 11.5 Å². The van der Waals surface area contributed by atoms with Gasteiger partial charge in [0.05, 0.1) is 0 Å². The van der Waals surface area contributed by atoms with E-state index in [1.165, 1.54) is 36.4 Å². The van der Waals surface area contributed by atoms with Gasteiger partial charge in [0.1, 0.15) is 11.5 Å². The van der Waals surface area contributed by atoms with Crippen molar-refractivity contribution in [2.45, 2.75) is 6.36 Å². The van der Waals surface area contributed by atoms with Gasteiger partial charge in [0, 0.05) is 11.1 Å². The highest BCUT2D eigenvalue weighted by Gasteiger charge is 2.31. The van der Waals surface area contributed by atoms with Crippen LogP contribution in [0.5, 0.6) is 11.5 Å². The predicted octanol–water partition coefficient (Wildman–Crippen LogP) is 3.52. The monoisotopic (exact) mass is 282 g/mol. The molecule has 0 saturated carbocycles. The Bertz CT molecular complexity index is 618. The van der Waals surface area contributed by atoms with Crippen LogP contribution < -0.4 is 4.74 Å². The van der Waals surface area contributed by atoms with E-state index in [2.05, 4.69) is 4.74 Å². The summed E-state index contributed by atoms with van der Waals surface area (Å²) in [6.07, 6.45) is -4.81. The largest absolute Gasteiger partial charge is 0.573 e. The summed E-state index contributed by atoms with van der Waals surface area (Å²) in [4.78, 5) is 12.1. The Morgan fingerprint density at radius 2 is 1.65 bits per heavy atom. The van der Waals surface area contributed by atoms with E-state index in [4.69, 9.17) is 5.11 Å². The molecule has 1 N–H and O–H groups in total. The van der Waals surface area contributed by atoms with E-state index in [1.807, 2.05) is 0 Å². The maximum atomic E-state index is 12.1. The summed E-state index contributed by atoms with van der Waals surface area (Å²) in [5, 5.41) is 9.12. The number of benzene rings is 2. The fourth-order valence-corrected chi connectivity index (χ4v) is 1.61. The van der Waals surface area contributed by atoms with Crippen molar-refractivity contribution in [1.29, 1.82) is 0 Å². The highest BCUT2D eigenvalue weighted by Crippen LogP contribution is 2.24. The van der Waals surface area contributed by atoms with Gasteiger partial charge in [-0.25, -0.2) is 0 Å². The second-order valence-corrected chi connectivity index (χ2v) is 3.95. The summed E-state index contributed by atoms with van der Waals surface area (Å²) < 4.78 is 40.1. The van der Waals surface area contributed by atoms with Gasteiger partial charge < -0.3 is 9.84 Å². The van der Waals surface area contributed by atoms with Crippen LogP contribution in [0.2, 0.25) is 0 Å². The third-order valence-electron chi connectivity index (χ3n) is 2.46. The Balaban J connectivity index is 2.26. The third-order valence-corrected chi connectivity index (χ3v) is 2.46. The molecule has 0 atom stereocenters. The lowest BCUT2D eigenvalue weighted by molar-refractivity contribution is -0.274. The molecule has 2 rings (SSSR count). The summed E-state index contributed by atoms with van der Waals surface area (Å²) in [5.41, 5.74) is 0.324. The lowest BCUT2D eigenvalue weighted by Crippen LogP contribution is -2.17. The summed E-state index contributed by atoms with van der Waals surface area (Å²) >= 11 is 0. The Morgan fingerprint density at radius 3 is 2.25 bits per heavy atom. The molecule has 0 spiro atoms. The van der Waals surface area contributed by atoms with Crippen LogP contribution in [0, 0.1) is 0 Å². The molecule has 0 bridgehead atoms. The van der Waals surface area contributed by atoms with Crippen LogP contribution in [0.1, 0.15) is 15.9 Å².